The lowest BCUT2D eigenvalue weighted by Crippen LogP contribution is -2.31. The molecule has 0 bridgehead atoms. The summed E-state index contributed by atoms with van der Waals surface area (Å²) in [6.07, 6.45) is 10.0. The fourth-order valence-corrected chi connectivity index (χ4v) is 5.54. The molecule has 4 aromatic rings. The smallest absolute Gasteiger partial charge is 0.251 e. The summed E-state index contributed by atoms with van der Waals surface area (Å²) in [5, 5.41) is 22.5. The molecule has 0 atom stereocenters. The van der Waals surface area contributed by atoms with Gasteiger partial charge in [0.25, 0.3) is 5.91 Å². The molecule has 2 aromatic carbocycles. The van der Waals surface area contributed by atoms with Gasteiger partial charge in [0.15, 0.2) is 17.4 Å². The van der Waals surface area contributed by atoms with Crippen LogP contribution >= 0.6 is 0 Å². The van der Waals surface area contributed by atoms with Gasteiger partial charge in [0.1, 0.15) is 0 Å². The van der Waals surface area contributed by atoms with Gasteiger partial charge in [0.05, 0.1) is 17.8 Å². The van der Waals surface area contributed by atoms with Gasteiger partial charge in [-0.15, -0.1) is 0 Å². The molecule has 2 aliphatic rings. The van der Waals surface area contributed by atoms with Gasteiger partial charge in [-0.25, -0.2) is 8.78 Å². The first-order valence-corrected chi connectivity index (χ1v) is 12.5. The zero-order chi connectivity index (χ0) is 24.8. The van der Waals surface area contributed by atoms with E-state index in [9.17, 15) is 18.7 Å². The maximum atomic E-state index is 13.5. The maximum Gasteiger partial charge on any atom is 0.251 e. The van der Waals surface area contributed by atoms with E-state index in [0.717, 1.165) is 73.7 Å². The van der Waals surface area contributed by atoms with E-state index in [1.807, 2.05) is 6.20 Å². The standard InChI is InChI=1S/C27H27F2N5O2/c28-22-10-19(11-23(29)26(22)35)27(36)30-13-16-3-7-20(8-4-16)34-15-18-6-5-17(12-24(18)32-34)21-14-31-33-9-1-2-25(21)33/h5-6,10-12,14-16,20,35H,1-4,7-9,13H2,(H,30,36)/t16-,20-. The lowest BCUT2D eigenvalue weighted by molar-refractivity contribution is 0.0940. The number of carbonyl (C=O) groups excluding carboxylic acids is 1. The van der Waals surface area contributed by atoms with E-state index in [1.54, 1.807) is 0 Å². The Morgan fingerprint density at radius 1 is 1.11 bits per heavy atom. The number of fused-ring (bicyclic) bond motifs is 2. The van der Waals surface area contributed by atoms with Crippen molar-refractivity contribution in [2.45, 2.75) is 51.1 Å². The lowest BCUT2D eigenvalue weighted by atomic mass is 9.86. The van der Waals surface area contributed by atoms with Crippen molar-refractivity contribution in [3.8, 4) is 16.9 Å². The van der Waals surface area contributed by atoms with Crippen molar-refractivity contribution >= 4 is 16.8 Å². The van der Waals surface area contributed by atoms with Gasteiger partial charge >= 0.3 is 0 Å². The Bertz CT molecular complexity index is 1430. The molecule has 2 N–H and O–H groups in total. The quantitative estimate of drug-likeness (QED) is 0.412. The molecule has 1 amide bonds. The average molecular weight is 492 g/mol. The van der Waals surface area contributed by atoms with Crippen molar-refractivity contribution in [1.82, 2.24) is 24.9 Å². The molecule has 6 rings (SSSR count). The molecule has 0 unspecified atom stereocenters. The summed E-state index contributed by atoms with van der Waals surface area (Å²) in [6.45, 7) is 1.43. The number of aryl methyl sites for hydroxylation is 1. The monoisotopic (exact) mass is 491 g/mol. The van der Waals surface area contributed by atoms with Crippen LogP contribution in [0.4, 0.5) is 8.78 Å². The number of nitrogens with zero attached hydrogens (tertiary/aromatic N) is 4. The Morgan fingerprint density at radius 2 is 1.89 bits per heavy atom. The molecule has 0 saturated heterocycles. The van der Waals surface area contributed by atoms with Crippen molar-refractivity contribution in [3.63, 3.8) is 0 Å². The number of aromatic nitrogens is 4. The normalized spacial score (nSPS) is 19.5. The molecule has 1 fully saturated rings. The minimum absolute atomic E-state index is 0.139. The molecule has 0 spiro atoms. The number of carbonyl (C=O) groups is 1. The number of rotatable bonds is 5. The molecule has 1 aliphatic carbocycles. The summed E-state index contributed by atoms with van der Waals surface area (Å²) in [5.41, 5.74) is 4.50. The molecule has 9 heteroatoms. The molecular weight excluding hydrogens is 464 g/mol. The first kappa shape index (κ1) is 22.7. The number of amides is 1. The average Bonchev–Trinajstić information content (AvgIpc) is 3.61. The van der Waals surface area contributed by atoms with Crippen LogP contribution in [0.5, 0.6) is 5.75 Å². The van der Waals surface area contributed by atoms with Crippen LogP contribution in [0, 0.1) is 17.6 Å². The molecule has 186 valence electrons. The van der Waals surface area contributed by atoms with Crippen molar-refractivity contribution in [3.05, 3.63) is 65.6 Å². The number of nitrogens with one attached hydrogen (secondary N) is 1. The van der Waals surface area contributed by atoms with E-state index in [2.05, 4.69) is 44.2 Å². The Balaban J connectivity index is 1.08. The Hall–Kier alpha value is -3.75. The van der Waals surface area contributed by atoms with Crippen molar-refractivity contribution in [1.29, 1.82) is 0 Å². The van der Waals surface area contributed by atoms with Gasteiger partial charge < -0.3 is 10.4 Å². The summed E-state index contributed by atoms with van der Waals surface area (Å²) < 4.78 is 31.3. The van der Waals surface area contributed by atoms with Crippen LogP contribution in [0.15, 0.2) is 42.7 Å². The summed E-state index contributed by atoms with van der Waals surface area (Å²) in [4.78, 5) is 12.3. The fraction of sp³-hybridized carbons (Fsp3) is 0.370. The van der Waals surface area contributed by atoms with Crippen LogP contribution in [-0.2, 0) is 13.0 Å². The SMILES string of the molecule is O=C(NC[C@H]1CC[C@H](n2cc3ccc(-c4cnn5c4CCC5)cc3n2)CC1)c1cc(F)c(O)c(F)c1. The summed E-state index contributed by atoms with van der Waals surface area (Å²) in [7, 11) is 0. The van der Waals surface area contributed by atoms with Gasteiger partial charge in [-0.3, -0.25) is 14.2 Å². The molecule has 0 radical (unpaired) electrons. The number of phenols is 1. The Morgan fingerprint density at radius 3 is 2.67 bits per heavy atom. The second-order valence-corrected chi connectivity index (χ2v) is 9.89. The molecule has 3 heterocycles. The Labute approximate surface area is 206 Å². The topological polar surface area (TPSA) is 85.0 Å². The third-order valence-electron chi connectivity index (χ3n) is 7.59. The maximum absolute atomic E-state index is 13.5. The number of halogens is 2. The van der Waals surface area contributed by atoms with Crippen molar-refractivity contribution in [2.75, 3.05) is 6.54 Å². The predicted octanol–water partition coefficient (Wildman–Crippen LogP) is 4.99. The van der Waals surface area contributed by atoms with E-state index in [1.165, 1.54) is 11.3 Å². The van der Waals surface area contributed by atoms with Crippen LogP contribution in [0.25, 0.3) is 22.0 Å². The first-order valence-electron chi connectivity index (χ1n) is 12.5. The number of aromatic hydroxyl groups is 1. The molecule has 36 heavy (non-hydrogen) atoms. The number of phenolic OH excluding ortho intramolecular Hbond substituents is 1. The van der Waals surface area contributed by atoms with Crippen molar-refractivity contribution < 1.29 is 18.7 Å². The third kappa shape index (κ3) is 4.12. The molecular formula is C27H27F2N5O2. The highest BCUT2D eigenvalue weighted by molar-refractivity contribution is 5.94. The van der Waals surface area contributed by atoms with Crippen LogP contribution in [0.2, 0.25) is 0 Å². The highest BCUT2D eigenvalue weighted by Gasteiger charge is 2.24. The number of benzene rings is 2. The van der Waals surface area contributed by atoms with Gasteiger partial charge in [0.2, 0.25) is 0 Å². The second kappa shape index (κ2) is 9.04. The lowest BCUT2D eigenvalue weighted by Gasteiger charge is -2.28. The van der Waals surface area contributed by atoms with Crippen LogP contribution in [0.1, 0.15) is 54.2 Å². The van der Waals surface area contributed by atoms with E-state index in [4.69, 9.17) is 5.10 Å². The zero-order valence-electron chi connectivity index (χ0n) is 19.8. The van der Waals surface area contributed by atoms with Gasteiger partial charge in [-0.05, 0) is 68.2 Å². The van der Waals surface area contributed by atoms with E-state index < -0.39 is 23.3 Å². The zero-order valence-corrected chi connectivity index (χ0v) is 19.8. The number of hydrogen-bond donors (Lipinski definition) is 2. The van der Waals surface area contributed by atoms with E-state index in [-0.39, 0.29) is 11.5 Å². The third-order valence-corrected chi connectivity index (χ3v) is 7.59. The van der Waals surface area contributed by atoms with E-state index in [0.29, 0.717) is 12.6 Å². The summed E-state index contributed by atoms with van der Waals surface area (Å²) in [5.74, 6) is -3.62. The van der Waals surface area contributed by atoms with E-state index >= 15 is 0 Å². The largest absolute Gasteiger partial charge is 0.503 e. The first-order chi connectivity index (χ1) is 17.5. The summed E-state index contributed by atoms with van der Waals surface area (Å²) >= 11 is 0. The summed E-state index contributed by atoms with van der Waals surface area (Å²) in [6, 6.07) is 8.42. The minimum Gasteiger partial charge on any atom is -0.503 e. The van der Waals surface area contributed by atoms with Gasteiger partial charge in [-0.1, -0.05) is 12.1 Å². The molecule has 2 aromatic heterocycles. The van der Waals surface area contributed by atoms with Gasteiger partial charge in [0, 0.05) is 41.5 Å². The molecule has 1 saturated carbocycles. The minimum atomic E-state index is -1.14. The molecule has 1 aliphatic heterocycles. The highest BCUT2D eigenvalue weighted by Crippen LogP contribution is 2.34. The predicted molar refractivity (Wildman–Crippen MR) is 131 cm³/mol. The Kier molecular flexibility index (Phi) is 5.70. The fourth-order valence-electron chi connectivity index (χ4n) is 5.54. The highest BCUT2D eigenvalue weighted by atomic mass is 19.1. The van der Waals surface area contributed by atoms with Gasteiger partial charge in [-0.2, -0.15) is 10.2 Å². The van der Waals surface area contributed by atoms with Crippen LogP contribution in [-0.4, -0.2) is 37.1 Å². The number of hydrogen-bond acceptors (Lipinski definition) is 4. The molecule has 7 nitrogen and oxygen atoms in total. The second-order valence-electron chi connectivity index (χ2n) is 9.89. The van der Waals surface area contributed by atoms with Crippen molar-refractivity contribution in [2.24, 2.45) is 5.92 Å². The van der Waals surface area contributed by atoms with Crippen LogP contribution in [0.3, 0.4) is 0 Å². The van der Waals surface area contributed by atoms with Crippen LogP contribution < -0.4 is 5.32 Å².